The zero-order valence-corrected chi connectivity index (χ0v) is 18.8. The molecule has 0 radical (unpaired) electrons. The maximum Gasteiger partial charge on any atom is 0.418 e. The van der Waals surface area contributed by atoms with E-state index in [0.717, 1.165) is 16.9 Å². The molecule has 1 aromatic carbocycles. The summed E-state index contributed by atoms with van der Waals surface area (Å²) in [6.07, 6.45) is 1.99. The number of carbonyl (C=O) groups excluding carboxylic acids is 1. The number of nitrogens with zero attached hydrogens (tertiary/aromatic N) is 5. The summed E-state index contributed by atoms with van der Waals surface area (Å²) in [6.45, 7) is 1.03. The molecule has 3 aromatic rings. The average Bonchev–Trinajstić information content (AvgIpc) is 3.50. The van der Waals surface area contributed by atoms with Crippen molar-refractivity contribution in [3.8, 4) is 0 Å². The SMILES string of the molecule is COC1C=CC(c2cc(C(F)(F)F)c3c(N)ncnn23)=CN1[C@H]1CCN(C(=O)c2ccccc2)C1. The van der Waals surface area contributed by atoms with E-state index in [0.29, 0.717) is 30.6 Å². The molecule has 5 rings (SSSR count). The maximum absolute atomic E-state index is 13.7. The number of anilines is 1. The van der Waals surface area contributed by atoms with Crippen LogP contribution >= 0.6 is 0 Å². The monoisotopic (exact) mass is 484 g/mol. The molecule has 0 spiro atoms. The Morgan fingerprint density at radius 1 is 1.23 bits per heavy atom. The molecule has 182 valence electrons. The molecule has 1 fully saturated rings. The highest BCUT2D eigenvalue weighted by atomic mass is 19.4. The predicted molar refractivity (Wildman–Crippen MR) is 123 cm³/mol. The molecule has 2 aliphatic rings. The van der Waals surface area contributed by atoms with Gasteiger partial charge in [-0.25, -0.2) is 9.50 Å². The van der Waals surface area contributed by atoms with Crippen molar-refractivity contribution in [3.05, 3.63) is 77.9 Å². The predicted octanol–water partition coefficient (Wildman–Crippen LogP) is 3.43. The highest BCUT2D eigenvalue weighted by Gasteiger charge is 2.38. The van der Waals surface area contributed by atoms with Crippen LogP contribution in [-0.2, 0) is 10.9 Å². The van der Waals surface area contributed by atoms with Gasteiger partial charge in [0.1, 0.15) is 18.1 Å². The van der Waals surface area contributed by atoms with E-state index in [-0.39, 0.29) is 29.0 Å². The molecule has 0 bridgehead atoms. The number of methoxy groups -OCH3 is 1. The lowest BCUT2D eigenvalue weighted by Crippen LogP contribution is -2.43. The molecule has 11 heteroatoms. The number of likely N-dealkylation sites (tertiary alicyclic amines) is 1. The minimum Gasteiger partial charge on any atom is -0.382 e. The van der Waals surface area contributed by atoms with Crippen molar-refractivity contribution in [2.45, 2.75) is 24.9 Å². The molecule has 4 heterocycles. The van der Waals surface area contributed by atoms with Crippen LogP contribution in [0.5, 0.6) is 0 Å². The van der Waals surface area contributed by atoms with Gasteiger partial charge in [-0.05, 0) is 30.7 Å². The number of nitrogen functional groups attached to an aromatic ring is 1. The Morgan fingerprint density at radius 3 is 2.71 bits per heavy atom. The minimum absolute atomic E-state index is 0.0570. The van der Waals surface area contributed by atoms with Gasteiger partial charge >= 0.3 is 6.18 Å². The van der Waals surface area contributed by atoms with Crippen LogP contribution < -0.4 is 5.73 Å². The zero-order chi connectivity index (χ0) is 24.7. The number of halogens is 3. The van der Waals surface area contributed by atoms with Gasteiger partial charge in [0.15, 0.2) is 5.82 Å². The molecule has 2 aliphatic heterocycles. The van der Waals surface area contributed by atoms with Crippen molar-refractivity contribution in [1.82, 2.24) is 24.4 Å². The smallest absolute Gasteiger partial charge is 0.382 e. The van der Waals surface area contributed by atoms with Crippen LogP contribution in [0.2, 0.25) is 0 Å². The Bertz CT molecular complexity index is 1320. The third kappa shape index (κ3) is 4.12. The molecule has 35 heavy (non-hydrogen) atoms. The number of carbonyl (C=O) groups is 1. The van der Waals surface area contributed by atoms with Gasteiger partial charge in [0.25, 0.3) is 5.91 Å². The number of hydrogen-bond donors (Lipinski definition) is 1. The molecular formula is C24H23F3N6O2. The van der Waals surface area contributed by atoms with Gasteiger partial charge in [-0.15, -0.1) is 0 Å². The van der Waals surface area contributed by atoms with Crippen LogP contribution in [0.3, 0.4) is 0 Å². The first kappa shape index (κ1) is 22.9. The molecule has 2 atom stereocenters. The highest BCUT2D eigenvalue weighted by Crippen LogP contribution is 2.38. The third-order valence-electron chi connectivity index (χ3n) is 6.34. The van der Waals surface area contributed by atoms with E-state index < -0.39 is 18.0 Å². The number of aromatic nitrogens is 3. The van der Waals surface area contributed by atoms with Gasteiger partial charge in [-0.3, -0.25) is 4.79 Å². The second kappa shape index (κ2) is 8.73. The largest absolute Gasteiger partial charge is 0.418 e. The minimum atomic E-state index is -4.63. The molecule has 0 saturated carbocycles. The van der Waals surface area contributed by atoms with E-state index in [1.807, 2.05) is 23.1 Å². The first-order chi connectivity index (χ1) is 16.8. The van der Waals surface area contributed by atoms with E-state index in [1.165, 1.54) is 0 Å². The molecule has 1 unspecified atom stereocenters. The summed E-state index contributed by atoms with van der Waals surface area (Å²) >= 11 is 0. The Morgan fingerprint density at radius 2 is 2.00 bits per heavy atom. The van der Waals surface area contributed by atoms with Gasteiger partial charge < -0.3 is 20.3 Å². The van der Waals surface area contributed by atoms with Crippen molar-refractivity contribution >= 4 is 22.8 Å². The topological polar surface area (TPSA) is 89.0 Å². The van der Waals surface area contributed by atoms with Crippen molar-refractivity contribution in [2.24, 2.45) is 0 Å². The quantitative estimate of drug-likeness (QED) is 0.611. The summed E-state index contributed by atoms with van der Waals surface area (Å²) in [7, 11) is 1.56. The number of hydrogen-bond acceptors (Lipinski definition) is 6. The second-order valence-corrected chi connectivity index (χ2v) is 8.42. The maximum atomic E-state index is 13.7. The van der Waals surface area contributed by atoms with Crippen LogP contribution in [0.4, 0.5) is 19.0 Å². The summed E-state index contributed by atoms with van der Waals surface area (Å²) in [4.78, 5) is 20.3. The average molecular weight is 484 g/mol. The van der Waals surface area contributed by atoms with Crippen LogP contribution in [0.15, 0.2) is 61.1 Å². The summed E-state index contributed by atoms with van der Waals surface area (Å²) in [5.41, 5.74) is 5.94. The number of fused-ring (bicyclic) bond motifs is 1. The number of nitrogens with two attached hydrogens (primary N) is 1. The Balaban J connectivity index is 1.48. The first-order valence-electron chi connectivity index (χ1n) is 11.0. The third-order valence-corrected chi connectivity index (χ3v) is 6.34. The normalized spacial score (nSPS) is 20.5. The molecule has 8 nitrogen and oxygen atoms in total. The second-order valence-electron chi connectivity index (χ2n) is 8.42. The van der Waals surface area contributed by atoms with E-state index in [2.05, 4.69) is 10.1 Å². The number of amides is 1. The number of benzene rings is 1. The van der Waals surface area contributed by atoms with E-state index in [4.69, 9.17) is 10.5 Å². The van der Waals surface area contributed by atoms with Gasteiger partial charge in [-0.1, -0.05) is 24.3 Å². The summed E-state index contributed by atoms with van der Waals surface area (Å²) in [5, 5.41) is 4.03. The Kier molecular flexibility index (Phi) is 5.72. The molecular weight excluding hydrogens is 461 g/mol. The van der Waals surface area contributed by atoms with Crippen molar-refractivity contribution in [1.29, 1.82) is 0 Å². The van der Waals surface area contributed by atoms with Crippen LogP contribution in [-0.4, -0.2) is 62.8 Å². The van der Waals surface area contributed by atoms with Gasteiger partial charge in [0.05, 0.1) is 17.3 Å². The van der Waals surface area contributed by atoms with Crippen LogP contribution in [0.25, 0.3) is 11.1 Å². The van der Waals surface area contributed by atoms with Crippen molar-refractivity contribution in [2.75, 3.05) is 25.9 Å². The van der Waals surface area contributed by atoms with Gasteiger partial charge in [-0.2, -0.15) is 18.3 Å². The van der Waals surface area contributed by atoms with Crippen molar-refractivity contribution in [3.63, 3.8) is 0 Å². The summed E-state index contributed by atoms with van der Waals surface area (Å²) in [6, 6.07) is 9.99. The number of rotatable bonds is 4. The zero-order valence-electron chi connectivity index (χ0n) is 18.8. The molecule has 2 aromatic heterocycles. The summed E-state index contributed by atoms with van der Waals surface area (Å²) < 4.78 is 48.0. The van der Waals surface area contributed by atoms with E-state index >= 15 is 0 Å². The Hall–Kier alpha value is -3.86. The molecule has 2 N–H and O–H groups in total. The highest BCUT2D eigenvalue weighted by molar-refractivity contribution is 5.94. The Labute approximate surface area is 199 Å². The first-order valence-corrected chi connectivity index (χ1v) is 11.0. The number of alkyl halides is 3. The van der Waals surface area contributed by atoms with E-state index in [9.17, 15) is 18.0 Å². The molecule has 1 amide bonds. The van der Waals surface area contributed by atoms with Gasteiger partial charge in [0, 0.05) is 37.5 Å². The summed E-state index contributed by atoms with van der Waals surface area (Å²) in [5.74, 6) is -0.310. The fraction of sp³-hybridized carbons (Fsp3) is 0.292. The lowest BCUT2D eigenvalue weighted by molar-refractivity contribution is -0.136. The fourth-order valence-electron chi connectivity index (χ4n) is 4.65. The molecule has 0 aliphatic carbocycles. The standard InChI is InChI=1S/C24H23F3N6O2/c1-35-20-8-7-16(19-11-18(24(25,26)27)21-22(28)29-14-30-33(19)21)12-32(20)17-9-10-31(13-17)23(34)15-5-3-2-4-6-15/h2-8,11-12,14,17,20H,9-10,13H2,1H3,(H2,28,29,30)/t17-,20?/m0/s1. The number of ether oxygens (including phenoxy) is 1. The van der Waals surface area contributed by atoms with Crippen LogP contribution in [0, 0.1) is 0 Å². The fourth-order valence-corrected chi connectivity index (χ4v) is 4.65. The lowest BCUT2D eigenvalue weighted by atomic mass is 10.1. The van der Waals surface area contributed by atoms with E-state index in [1.54, 1.807) is 42.5 Å². The van der Waals surface area contributed by atoms with Crippen molar-refractivity contribution < 1.29 is 22.7 Å². The van der Waals surface area contributed by atoms with Gasteiger partial charge in [0.2, 0.25) is 0 Å². The lowest BCUT2D eigenvalue weighted by Gasteiger charge is -2.35. The van der Waals surface area contributed by atoms with Crippen LogP contribution in [0.1, 0.15) is 28.0 Å². The number of allylic oxidation sites excluding steroid dienone is 2. The molecule has 1 saturated heterocycles.